The molecule has 0 aliphatic heterocycles. The van der Waals surface area contributed by atoms with Gasteiger partial charge in [0.2, 0.25) is 0 Å². The first-order valence-electron chi connectivity index (χ1n) is 5.34. The molecule has 0 aliphatic carbocycles. The average Bonchev–Trinajstić information content (AvgIpc) is 2.81. The summed E-state index contributed by atoms with van der Waals surface area (Å²) in [5, 5.41) is 19.7. The lowest BCUT2D eigenvalue weighted by atomic mass is 10.2. The van der Waals surface area contributed by atoms with E-state index in [4.69, 9.17) is 4.74 Å². The molecule has 0 saturated carbocycles. The Kier molecular flexibility index (Phi) is 4.33. The third kappa shape index (κ3) is 3.42. The molecule has 100 valence electrons. The van der Waals surface area contributed by atoms with E-state index in [0.29, 0.717) is 5.75 Å². The fourth-order valence-electron chi connectivity index (χ4n) is 1.45. The molecule has 1 heterocycles. The molecule has 8 heteroatoms. The monoisotopic (exact) mass is 297 g/mol. The van der Waals surface area contributed by atoms with Crippen LogP contribution in [-0.4, -0.2) is 22.2 Å². The van der Waals surface area contributed by atoms with Crippen molar-refractivity contribution in [1.29, 1.82) is 0 Å². The first kappa shape index (κ1) is 13.8. The van der Waals surface area contributed by atoms with Gasteiger partial charge >= 0.3 is 5.69 Å². The minimum atomic E-state index is -0.442. The van der Waals surface area contributed by atoms with E-state index in [2.05, 4.69) is 10.2 Å². The van der Waals surface area contributed by atoms with Gasteiger partial charge in [0.25, 0.3) is 0 Å². The predicted octanol–water partition coefficient (Wildman–Crippen LogP) is 3.06. The van der Waals surface area contributed by atoms with Gasteiger partial charge in [0.05, 0.1) is 12.0 Å². The lowest BCUT2D eigenvalue weighted by Crippen LogP contribution is -1.95. The number of aryl methyl sites for hydroxylation is 1. The fourth-order valence-corrected chi connectivity index (χ4v) is 3.21. The van der Waals surface area contributed by atoms with Gasteiger partial charge in [0.1, 0.15) is 5.01 Å². The Morgan fingerprint density at radius 2 is 2.26 bits per heavy atom. The molecule has 0 unspecified atom stereocenters. The van der Waals surface area contributed by atoms with Crippen LogP contribution in [0.25, 0.3) is 0 Å². The molecule has 0 radical (unpaired) electrons. The number of ether oxygens (including phenoxy) is 1. The van der Waals surface area contributed by atoms with E-state index in [9.17, 15) is 10.1 Å². The second kappa shape index (κ2) is 5.98. The van der Waals surface area contributed by atoms with Crippen molar-refractivity contribution in [1.82, 2.24) is 10.2 Å². The summed E-state index contributed by atoms with van der Waals surface area (Å²) >= 11 is 3.02. The zero-order valence-electron chi connectivity index (χ0n) is 10.3. The van der Waals surface area contributed by atoms with Crippen molar-refractivity contribution >= 4 is 28.8 Å². The molecule has 0 atom stereocenters. The third-order valence-corrected chi connectivity index (χ3v) is 4.35. The molecule has 0 amide bonds. The van der Waals surface area contributed by atoms with Crippen LogP contribution >= 0.6 is 23.1 Å². The largest absolute Gasteiger partial charge is 0.490 e. The molecule has 0 spiro atoms. The quantitative estimate of drug-likeness (QED) is 0.479. The molecule has 19 heavy (non-hydrogen) atoms. The highest BCUT2D eigenvalue weighted by molar-refractivity contribution is 8.00. The van der Waals surface area contributed by atoms with E-state index in [-0.39, 0.29) is 11.4 Å². The first-order chi connectivity index (χ1) is 9.10. The molecule has 2 rings (SSSR count). The van der Waals surface area contributed by atoms with Crippen molar-refractivity contribution < 1.29 is 9.66 Å². The average molecular weight is 297 g/mol. The number of aromatic nitrogens is 2. The summed E-state index contributed by atoms with van der Waals surface area (Å²) < 4.78 is 5.82. The third-order valence-electron chi connectivity index (χ3n) is 2.31. The van der Waals surface area contributed by atoms with Gasteiger partial charge in [-0.05, 0) is 18.6 Å². The maximum Gasteiger partial charge on any atom is 0.311 e. The van der Waals surface area contributed by atoms with Crippen LogP contribution in [0.3, 0.4) is 0 Å². The molecule has 1 aromatic carbocycles. The zero-order valence-corrected chi connectivity index (χ0v) is 12.0. The number of nitrogens with zero attached hydrogens (tertiary/aromatic N) is 3. The summed E-state index contributed by atoms with van der Waals surface area (Å²) in [4.78, 5) is 10.5. The molecule has 1 aromatic heterocycles. The van der Waals surface area contributed by atoms with Gasteiger partial charge in [-0.2, -0.15) is 0 Å². The van der Waals surface area contributed by atoms with Crippen LogP contribution in [0.15, 0.2) is 22.5 Å². The van der Waals surface area contributed by atoms with Gasteiger partial charge in [-0.15, -0.1) is 10.2 Å². The lowest BCUT2D eigenvalue weighted by molar-refractivity contribution is -0.385. The van der Waals surface area contributed by atoms with E-state index >= 15 is 0 Å². The smallest absolute Gasteiger partial charge is 0.311 e. The molecule has 2 aromatic rings. The van der Waals surface area contributed by atoms with Crippen molar-refractivity contribution in [3.05, 3.63) is 38.9 Å². The number of nitro groups is 1. The van der Waals surface area contributed by atoms with Crippen LogP contribution in [0.4, 0.5) is 5.69 Å². The minimum Gasteiger partial charge on any atom is -0.490 e. The van der Waals surface area contributed by atoms with Crippen LogP contribution in [-0.2, 0) is 5.75 Å². The number of hydrogen-bond donors (Lipinski definition) is 0. The normalized spacial score (nSPS) is 10.4. The van der Waals surface area contributed by atoms with Gasteiger partial charge in [0.15, 0.2) is 10.1 Å². The van der Waals surface area contributed by atoms with Crippen molar-refractivity contribution in [3.63, 3.8) is 0 Å². The molecule has 0 saturated heterocycles. The second-order valence-corrected chi connectivity index (χ2v) is 6.04. The van der Waals surface area contributed by atoms with Crippen molar-refractivity contribution in [2.45, 2.75) is 17.0 Å². The summed E-state index contributed by atoms with van der Waals surface area (Å²) in [6, 6.07) is 4.95. The number of rotatable bonds is 5. The topological polar surface area (TPSA) is 78.2 Å². The van der Waals surface area contributed by atoms with Gasteiger partial charge < -0.3 is 4.74 Å². The molecule has 0 fully saturated rings. The van der Waals surface area contributed by atoms with Gasteiger partial charge in [0, 0.05) is 11.8 Å². The Bertz CT molecular complexity index is 601. The molecular weight excluding hydrogens is 286 g/mol. The highest BCUT2D eigenvalue weighted by atomic mass is 32.2. The Morgan fingerprint density at radius 1 is 1.47 bits per heavy atom. The minimum absolute atomic E-state index is 0.0194. The van der Waals surface area contributed by atoms with Gasteiger partial charge in [-0.3, -0.25) is 10.1 Å². The maximum absolute atomic E-state index is 10.9. The number of nitro benzene ring substituents is 1. The standard InChI is InChI=1S/C11H11N3O3S2/c1-7-12-13-11(19-7)18-6-8-3-4-10(17-2)9(5-8)14(15)16/h3-5H,6H2,1-2H3. The summed E-state index contributed by atoms with van der Waals surface area (Å²) in [5.74, 6) is 0.880. The Labute approximate surface area is 118 Å². The molecule has 0 bridgehead atoms. The number of benzene rings is 1. The van der Waals surface area contributed by atoms with Crippen molar-refractivity contribution in [2.24, 2.45) is 0 Å². The number of hydrogen-bond acceptors (Lipinski definition) is 7. The Morgan fingerprint density at radius 3 is 2.84 bits per heavy atom. The van der Waals surface area contributed by atoms with E-state index in [1.807, 2.05) is 13.0 Å². The highest BCUT2D eigenvalue weighted by Crippen LogP contribution is 2.31. The SMILES string of the molecule is COc1ccc(CSc2nnc(C)s2)cc1[N+](=O)[O-]. The fraction of sp³-hybridized carbons (Fsp3) is 0.273. The van der Waals surface area contributed by atoms with E-state index in [1.54, 1.807) is 6.07 Å². The summed E-state index contributed by atoms with van der Waals surface area (Å²) in [5.41, 5.74) is 0.833. The zero-order chi connectivity index (χ0) is 13.8. The summed E-state index contributed by atoms with van der Waals surface area (Å²) in [6.07, 6.45) is 0. The molecule has 0 N–H and O–H groups in total. The predicted molar refractivity (Wildman–Crippen MR) is 73.9 cm³/mol. The summed E-state index contributed by atoms with van der Waals surface area (Å²) in [6.45, 7) is 1.89. The van der Waals surface area contributed by atoms with E-state index in [0.717, 1.165) is 14.9 Å². The van der Waals surface area contributed by atoms with Crippen LogP contribution in [0.2, 0.25) is 0 Å². The Hall–Kier alpha value is -1.67. The second-order valence-electron chi connectivity index (χ2n) is 3.64. The lowest BCUT2D eigenvalue weighted by Gasteiger charge is -2.03. The highest BCUT2D eigenvalue weighted by Gasteiger charge is 2.15. The van der Waals surface area contributed by atoms with Crippen LogP contribution in [0, 0.1) is 17.0 Å². The summed E-state index contributed by atoms with van der Waals surface area (Å²) in [7, 11) is 1.42. The Balaban J connectivity index is 2.12. The number of thioether (sulfide) groups is 1. The van der Waals surface area contributed by atoms with Gasteiger partial charge in [-0.25, -0.2) is 0 Å². The molecule has 0 aliphatic rings. The van der Waals surface area contributed by atoms with Crippen LogP contribution in [0.1, 0.15) is 10.6 Å². The van der Waals surface area contributed by atoms with Crippen LogP contribution < -0.4 is 4.74 Å². The first-order valence-corrected chi connectivity index (χ1v) is 7.14. The molecule has 6 nitrogen and oxygen atoms in total. The van der Waals surface area contributed by atoms with Crippen molar-refractivity contribution in [2.75, 3.05) is 7.11 Å². The maximum atomic E-state index is 10.9. The molecular formula is C11H11N3O3S2. The van der Waals surface area contributed by atoms with Gasteiger partial charge in [-0.1, -0.05) is 29.2 Å². The van der Waals surface area contributed by atoms with E-state index < -0.39 is 4.92 Å². The number of methoxy groups -OCH3 is 1. The van der Waals surface area contributed by atoms with E-state index in [1.165, 1.54) is 36.3 Å². The van der Waals surface area contributed by atoms with Crippen molar-refractivity contribution in [3.8, 4) is 5.75 Å². The van der Waals surface area contributed by atoms with Crippen LogP contribution in [0.5, 0.6) is 5.75 Å².